The Hall–Kier alpha value is -2.58. The van der Waals surface area contributed by atoms with Crippen LogP contribution in [0.25, 0.3) is 0 Å². The topological polar surface area (TPSA) is 84.9 Å². The standard InChI is InChI=1S/C19H24N2O5S/c1-14-5-10-18(25-3)17(11-14)20-19(22)13-26-16-8-6-15(7-9-16)12-21(2)27(4,23)24/h5-11H,12-13H2,1-4H3,(H,20,22). The van der Waals surface area contributed by atoms with Crippen LogP contribution in [0.15, 0.2) is 42.5 Å². The summed E-state index contributed by atoms with van der Waals surface area (Å²) in [7, 11) is -0.174. The van der Waals surface area contributed by atoms with Crippen LogP contribution < -0.4 is 14.8 Å². The smallest absolute Gasteiger partial charge is 0.262 e. The van der Waals surface area contributed by atoms with Crippen LogP contribution in [0.4, 0.5) is 5.69 Å². The molecular weight excluding hydrogens is 368 g/mol. The number of methoxy groups -OCH3 is 1. The number of ether oxygens (including phenoxy) is 2. The second-order valence-electron chi connectivity index (χ2n) is 6.20. The Balaban J connectivity index is 1.91. The number of hydrogen-bond acceptors (Lipinski definition) is 5. The molecule has 0 radical (unpaired) electrons. The summed E-state index contributed by atoms with van der Waals surface area (Å²) in [6, 6.07) is 12.4. The number of hydrogen-bond donors (Lipinski definition) is 1. The van der Waals surface area contributed by atoms with Crippen LogP contribution in [-0.2, 0) is 21.4 Å². The molecule has 0 saturated carbocycles. The van der Waals surface area contributed by atoms with Gasteiger partial charge in [-0.3, -0.25) is 4.79 Å². The Morgan fingerprint density at radius 2 is 1.81 bits per heavy atom. The lowest BCUT2D eigenvalue weighted by molar-refractivity contribution is -0.118. The van der Waals surface area contributed by atoms with E-state index >= 15 is 0 Å². The number of sulfonamides is 1. The molecule has 0 saturated heterocycles. The van der Waals surface area contributed by atoms with Crippen LogP contribution in [0.3, 0.4) is 0 Å². The van der Waals surface area contributed by atoms with E-state index < -0.39 is 10.0 Å². The predicted octanol–water partition coefficient (Wildman–Crippen LogP) is 2.41. The Bertz CT molecular complexity index is 895. The molecule has 0 heterocycles. The van der Waals surface area contributed by atoms with Crippen LogP contribution in [0.5, 0.6) is 11.5 Å². The Kier molecular flexibility index (Phi) is 6.81. The van der Waals surface area contributed by atoms with Gasteiger partial charge in [0.2, 0.25) is 10.0 Å². The summed E-state index contributed by atoms with van der Waals surface area (Å²) in [4.78, 5) is 12.1. The summed E-state index contributed by atoms with van der Waals surface area (Å²) in [5.74, 6) is 0.792. The number of anilines is 1. The number of nitrogens with zero attached hydrogens (tertiary/aromatic N) is 1. The van der Waals surface area contributed by atoms with Crippen molar-refractivity contribution in [3.63, 3.8) is 0 Å². The second-order valence-corrected chi connectivity index (χ2v) is 8.29. The predicted molar refractivity (Wildman–Crippen MR) is 105 cm³/mol. The summed E-state index contributed by atoms with van der Waals surface area (Å²) in [6.07, 6.45) is 1.16. The lowest BCUT2D eigenvalue weighted by Gasteiger charge is -2.14. The molecule has 2 aromatic rings. The summed E-state index contributed by atoms with van der Waals surface area (Å²) in [5, 5.41) is 2.76. The number of nitrogens with one attached hydrogen (secondary N) is 1. The van der Waals surface area contributed by atoms with Gasteiger partial charge in [-0.25, -0.2) is 12.7 Å². The molecule has 0 aromatic heterocycles. The summed E-state index contributed by atoms with van der Waals surface area (Å²) >= 11 is 0. The molecule has 0 aliphatic rings. The van der Waals surface area contributed by atoms with Crippen LogP contribution in [0.2, 0.25) is 0 Å². The van der Waals surface area contributed by atoms with E-state index in [1.165, 1.54) is 11.4 Å². The molecule has 146 valence electrons. The van der Waals surface area contributed by atoms with Gasteiger partial charge in [0, 0.05) is 13.6 Å². The van der Waals surface area contributed by atoms with Gasteiger partial charge in [0.15, 0.2) is 6.61 Å². The van der Waals surface area contributed by atoms with Gasteiger partial charge in [0.25, 0.3) is 5.91 Å². The maximum absolute atomic E-state index is 12.1. The Morgan fingerprint density at radius 1 is 1.15 bits per heavy atom. The van der Waals surface area contributed by atoms with Crippen molar-refractivity contribution < 1.29 is 22.7 Å². The van der Waals surface area contributed by atoms with Gasteiger partial charge in [0.05, 0.1) is 19.1 Å². The zero-order chi connectivity index (χ0) is 20.0. The first-order valence-corrected chi connectivity index (χ1v) is 10.1. The quantitative estimate of drug-likeness (QED) is 0.746. The van der Waals surface area contributed by atoms with Crippen LogP contribution >= 0.6 is 0 Å². The molecule has 0 atom stereocenters. The molecule has 1 N–H and O–H groups in total. The first kappa shape index (κ1) is 20.7. The van der Waals surface area contributed by atoms with Gasteiger partial charge in [-0.2, -0.15) is 0 Å². The molecule has 0 aliphatic carbocycles. The molecule has 2 rings (SSSR count). The highest BCUT2D eigenvalue weighted by Crippen LogP contribution is 2.25. The third-order valence-corrected chi connectivity index (χ3v) is 5.16. The fourth-order valence-corrected chi connectivity index (χ4v) is 2.70. The third-order valence-electron chi connectivity index (χ3n) is 3.89. The van der Waals surface area contributed by atoms with E-state index in [4.69, 9.17) is 9.47 Å². The lowest BCUT2D eigenvalue weighted by Crippen LogP contribution is -2.24. The van der Waals surface area contributed by atoms with E-state index in [0.717, 1.165) is 17.4 Å². The van der Waals surface area contributed by atoms with Crippen molar-refractivity contribution in [3.8, 4) is 11.5 Å². The monoisotopic (exact) mass is 392 g/mol. The van der Waals surface area contributed by atoms with Crippen molar-refractivity contribution in [1.29, 1.82) is 0 Å². The fourth-order valence-electron chi connectivity index (χ4n) is 2.32. The number of carbonyl (C=O) groups is 1. The van der Waals surface area contributed by atoms with Crippen LogP contribution in [0.1, 0.15) is 11.1 Å². The molecular formula is C19H24N2O5S. The van der Waals surface area contributed by atoms with Crippen molar-refractivity contribution in [2.75, 3.05) is 32.3 Å². The maximum Gasteiger partial charge on any atom is 0.262 e. The van der Waals surface area contributed by atoms with E-state index in [1.807, 2.05) is 19.1 Å². The molecule has 2 aromatic carbocycles. The SMILES string of the molecule is COc1ccc(C)cc1NC(=O)COc1ccc(CN(C)S(C)(=O)=O)cc1. The molecule has 0 spiro atoms. The summed E-state index contributed by atoms with van der Waals surface area (Å²) < 4.78 is 34.9. The minimum Gasteiger partial charge on any atom is -0.495 e. The molecule has 8 heteroatoms. The van der Waals surface area contributed by atoms with E-state index in [1.54, 1.807) is 37.4 Å². The van der Waals surface area contributed by atoms with E-state index in [-0.39, 0.29) is 19.1 Å². The highest BCUT2D eigenvalue weighted by atomic mass is 32.2. The number of benzene rings is 2. The van der Waals surface area contributed by atoms with Crippen molar-refractivity contribution >= 4 is 21.6 Å². The lowest BCUT2D eigenvalue weighted by atomic mass is 10.2. The maximum atomic E-state index is 12.1. The normalized spacial score (nSPS) is 11.3. The number of rotatable bonds is 8. The summed E-state index contributed by atoms with van der Waals surface area (Å²) in [6.45, 7) is 2.04. The van der Waals surface area contributed by atoms with Crippen molar-refractivity contribution in [2.24, 2.45) is 0 Å². The largest absolute Gasteiger partial charge is 0.495 e. The van der Waals surface area contributed by atoms with Crippen molar-refractivity contribution in [1.82, 2.24) is 4.31 Å². The van der Waals surface area contributed by atoms with Gasteiger partial charge in [-0.1, -0.05) is 18.2 Å². The fraction of sp³-hybridized carbons (Fsp3) is 0.316. The molecule has 0 unspecified atom stereocenters. The zero-order valence-electron chi connectivity index (χ0n) is 15.9. The van der Waals surface area contributed by atoms with Crippen LogP contribution in [-0.4, -0.2) is 45.7 Å². The third kappa shape index (κ3) is 6.26. The minimum atomic E-state index is -3.23. The van der Waals surface area contributed by atoms with Gasteiger partial charge in [0.1, 0.15) is 11.5 Å². The highest BCUT2D eigenvalue weighted by molar-refractivity contribution is 7.88. The van der Waals surface area contributed by atoms with Crippen molar-refractivity contribution in [3.05, 3.63) is 53.6 Å². The average molecular weight is 392 g/mol. The first-order valence-electron chi connectivity index (χ1n) is 8.26. The van der Waals surface area contributed by atoms with E-state index in [9.17, 15) is 13.2 Å². The first-order chi connectivity index (χ1) is 12.7. The molecule has 7 nitrogen and oxygen atoms in total. The number of aryl methyl sites for hydroxylation is 1. The van der Waals surface area contributed by atoms with Crippen molar-refractivity contribution in [2.45, 2.75) is 13.5 Å². The van der Waals surface area contributed by atoms with E-state index in [0.29, 0.717) is 17.2 Å². The van der Waals surface area contributed by atoms with Gasteiger partial charge >= 0.3 is 0 Å². The average Bonchev–Trinajstić information content (AvgIpc) is 2.60. The van der Waals surface area contributed by atoms with Gasteiger partial charge < -0.3 is 14.8 Å². The zero-order valence-corrected chi connectivity index (χ0v) is 16.7. The Morgan fingerprint density at radius 3 is 2.41 bits per heavy atom. The van der Waals surface area contributed by atoms with Crippen LogP contribution in [0, 0.1) is 6.92 Å². The summed E-state index contributed by atoms with van der Waals surface area (Å²) in [5.41, 5.74) is 2.41. The number of carbonyl (C=O) groups excluding carboxylic acids is 1. The highest BCUT2D eigenvalue weighted by Gasteiger charge is 2.12. The molecule has 0 fully saturated rings. The second kappa shape index (κ2) is 8.88. The minimum absolute atomic E-state index is 0.153. The van der Waals surface area contributed by atoms with E-state index in [2.05, 4.69) is 5.32 Å². The van der Waals surface area contributed by atoms with Gasteiger partial charge in [-0.05, 0) is 42.3 Å². The molecule has 27 heavy (non-hydrogen) atoms. The molecule has 0 bridgehead atoms. The molecule has 1 amide bonds. The molecule has 0 aliphatic heterocycles. The van der Waals surface area contributed by atoms with Gasteiger partial charge in [-0.15, -0.1) is 0 Å². The Labute approximate surface area is 160 Å². The number of amides is 1.